The van der Waals surface area contributed by atoms with Crippen molar-refractivity contribution in [1.29, 1.82) is 5.26 Å². The maximum Gasteiger partial charge on any atom is 0.337 e. The van der Waals surface area contributed by atoms with Crippen LogP contribution in [0, 0.1) is 24.1 Å². The van der Waals surface area contributed by atoms with Crippen LogP contribution in [0.3, 0.4) is 0 Å². The first kappa shape index (κ1) is 27.8. The molecule has 6 aromatic rings. The number of fused-ring (bicyclic) bond motifs is 1. The molecule has 0 bridgehead atoms. The van der Waals surface area contributed by atoms with Gasteiger partial charge in [-0.25, -0.2) is 9.18 Å². The van der Waals surface area contributed by atoms with Gasteiger partial charge in [0.2, 0.25) is 0 Å². The monoisotopic (exact) mass is 608 g/mol. The molecule has 0 spiro atoms. The Morgan fingerprint density at radius 3 is 2.50 bits per heavy atom. The standard InChI is InChI=1S/C34H22ClFN2O2S2/c1-20-6-10-25(11-7-20)42-38-30-13-9-24(36)18-28(30)32(27-14-15-41-31(27)19-37)33(38)22-5-3-4-21(16-22)26-12-8-23(17-29(26)35)34(39)40-2/h3-18H,1-2H3. The van der Waals surface area contributed by atoms with Crippen molar-refractivity contribution in [3.8, 4) is 39.6 Å². The molecule has 4 nitrogen and oxygen atoms in total. The number of methoxy groups -OCH3 is 1. The van der Waals surface area contributed by atoms with E-state index in [-0.39, 0.29) is 5.82 Å². The molecular weight excluding hydrogens is 587 g/mol. The third-order valence-electron chi connectivity index (χ3n) is 6.98. The van der Waals surface area contributed by atoms with Gasteiger partial charge in [0.15, 0.2) is 0 Å². The summed E-state index contributed by atoms with van der Waals surface area (Å²) in [5, 5.41) is 13.0. The van der Waals surface area contributed by atoms with Crippen molar-refractivity contribution in [1.82, 2.24) is 3.97 Å². The maximum absolute atomic E-state index is 14.8. The van der Waals surface area contributed by atoms with E-state index in [9.17, 15) is 14.4 Å². The SMILES string of the molecule is COC(=O)c1ccc(-c2cccc(-c3c(-c4ccsc4C#N)c4cc(F)ccc4n3Sc3ccc(C)cc3)c2)c(Cl)c1. The predicted molar refractivity (Wildman–Crippen MR) is 170 cm³/mol. The fourth-order valence-electron chi connectivity index (χ4n) is 4.99. The Morgan fingerprint density at radius 1 is 0.976 bits per heavy atom. The van der Waals surface area contributed by atoms with Gasteiger partial charge in [0.05, 0.1) is 23.9 Å². The Hall–Kier alpha value is -4.35. The van der Waals surface area contributed by atoms with Crippen LogP contribution >= 0.6 is 34.9 Å². The smallest absolute Gasteiger partial charge is 0.337 e. The number of nitriles is 1. The summed E-state index contributed by atoms with van der Waals surface area (Å²) >= 11 is 9.55. The number of rotatable bonds is 6. The summed E-state index contributed by atoms with van der Waals surface area (Å²) in [4.78, 5) is 13.6. The lowest BCUT2D eigenvalue weighted by atomic mass is 9.96. The number of ether oxygens (including phenoxy) is 1. The van der Waals surface area contributed by atoms with E-state index in [4.69, 9.17) is 16.3 Å². The molecule has 4 aromatic carbocycles. The molecule has 6 rings (SSSR count). The van der Waals surface area contributed by atoms with Crippen LogP contribution in [0.25, 0.3) is 44.4 Å². The van der Waals surface area contributed by atoms with E-state index in [2.05, 4.69) is 34.3 Å². The molecule has 2 heterocycles. The van der Waals surface area contributed by atoms with Crippen LogP contribution in [0.4, 0.5) is 4.39 Å². The van der Waals surface area contributed by atoms with Crippen LogP contribution in [0.1, 0.15) is 20.8 Å². The van der Waals surface area contributed by atoms with E-state index in [0.29, 0.717) is 20.8 Å². The Balaban J connectivity index is 1.62. The molecule has 0 atom stereocenters. The Bertz CT molecular complexity index is 2020. The highest BCUT2D eigenvalue weighted by atomic mass is 35.5. The Morgan fingerprint density at radius 2 is 1.76 bits per heavy atom. The van der Waals surface area contributed by atoms with E-state index >= 15 is 0 Å². The fourth-order valence-corrected chi connectivity index (χ4v) is 6.98. The van der Waals surface area contributed by atoms with E-state index in [1.54, 1.807) is 24.3 Å². The number of aryl methyl sites for hydroxylation is 1. The molecule has 0 fully saturated rings. The van der Waals surface area contributed by atoms with Crippen molar-refractivity contribution in [2.45, 2.75) is 11.8 Å². The second-order valence-corrected chi connectivity index (χ2v) is 12.0. The Kier molecular flexibility index (Phi) is 7.61. The second-order valence-electron chi connectivity index (χ2n) is 9.63. The average Bonchev–Trinajstić information content (AvgIpc) is 3.59. The zero-order valence-electron chi connectivity index (χ0n) is 22.5. The number of benzene rings is 4. The summed E-state index contributed by atoms with van der Waals surface area (Å²) in [6, 6.07) is 30.2. The largest absolute Gasteiger partial charge is 0.465 e. The van der Waals surface area contributed by atoms with Gasteiger partial charge in [-0.15, -0.1) is 11.3 Å². The van der Waals surface area contributed by atoms with Crippen molar-refractivity contribution in [3.05, 3.63) is 123 Å². The zero-order chi connectivity index (χ0) is 29.4. The van der Waals surface area contributed by atoms with Gasteiger partial charge in [0.1, 0.15) is 16.8 Å². The maximum atomic E-state index is 14.8. The minimum Gasteiger partial charge on any atom is -0.465 e. The summed E-state index contributed by atoms with van der Waals surface area (Å²) in [6.07, 6.45) is 0. The summed E-state index contributed by atoms with van der Waals surface area (Å²) < 4.78 is 21.7. The number of hydrogen-bond donors (Lipinski definition) is 0. The number of carbonyl (C=O) groups is 1. The molecule has 42 heavy (non-hydrogen) atoms. The third kappa shape index (κ3) is 5.10. The van der Waals surface area contributed by atoms with Crippen LogP contribution in [0.2, 0.25) is 5.02 Å². The summed E-state index contributed by atoms with van der Waals surface area (Å²) in [5.74, 6) is -0.816. The molecule has 2 aromatic heterocycles. The molecule has 0 saturated heterocycles. The first-order valence-corrected chi connectivity index (χ1v) is 15.0. The van der Waals surface area contributed by atoms with Crippen molar-refractivity contribution >= 4 is 51.8 Å². The van der Waals surface area contributed by atoms with Crippen molar-refractivity contribution in [3.63, 3.8) is 0 Å². The molecule has 206 valence electrons. The Labute approximate surface area is 255 Å². The lowest BCUT2D eigenvalue weighted by Crippen LogP contribution is -2.00. The quantitative estimate of drug-likeness (QED) is 0.177. The molecule has 0 aliphatic carbocycles. The van der Waals surface area contributed by atoms with Crippen molar-refractivity contribution in [2.24, 2.45) is 0 Å². The van der Waals surface area contributed by atoms with Gasteiger partial charge in [-0.2, -0.15) is 5.26 Å². The van der Waals surface area contributed by atoms with Crippen LogP contribution in [0.5, 0.6) is 0 Å². The number of aromatic nitrogens is 1. The summed E-state index contributed by atoms with van der Waals surface area (Å²) in [5.41, 5.74) is 7.17. The number of hydrogen-bond acceptors (Lipinski definition) is 5. The average molecular weight is 609 g/mol. The molecule has 0 aliphatic heterocycles. The highest BCUT2D eigenvalue weighted by molar-refractivity contribution is 7.98. The minimum absolute atomic E-state index is 0.354. The number of halogens is 2. The fraction of sp³-hybridized carbons (Fsp3) is 0.0588. The van der Waals surface area contributed by atoms with E-state index in [1.807, 2.05) is 42.6 Å². The number of thiophene rings is 1. The van der Waals surface area contributed by atoms with E-state index in [0.717, 1.165) is 49.5 Å². The lowest BCUT2D eigenvalue weighted by Gasteiger charge is -2.14. The van der Waals surface area contributed by atoms with Crippen LogP contribution in [-0.2, 0) is 4.74 Å². The highest BCUT2D eigenvalue weighted by Crippen LogP contribution is 2.47. The first-order chi connectivity index (χ1) is 20.4. The number of nitrogens with zero attached hydrogens (tertiary/aromatic N) is 2. The summed E-state index contributed by atoms with van der Waals surface area (Å²) in [7, 11) is 1.33. The van der Waals surface area contributed by atoms with Gasteiger partial charge < -0.3 is 4.74 Å². The number of carbonyl (C=O) groups excluding carboxylic acids is 1. The molecule has 0 unspecified atom stereocenters. The van der Waals surface area contributed by atoms with E-state index < -0.39 is 5.97 Å². The molecule has 8 heteroatoms. The van der Waals surface area contributed by atoms with Gasteiger partial charge in [-0.05, 0) is 84.4 Å². The normalized spacial score (nSPS) is 11.0. The zero-order valence-corrected chi connectivity index (χ0v) is 24.9. The van der Waals surface area contributed by atoms with Gasteiger partial charge >= 0.3 is 5.97 Å². The summed E-state index contributed by atoms with van der Waals surface area (Å²) in [6.45, 7) is 2.04. The molecule has 0 N–H and O–H groups in total. The van der Waals surface area contributed by atoms with Crippen LogP contribution < -0.4 is 0 Å². The minimum atomic E-state index is -0.462. The van der Waals surface area contributed by atoms with Crippen molar-refractivity contribution in [2.75, 3.05) is 7.11 Å². The lowest BCUT2D eigenvalue weighted by molar-refractivity contribution is 0.0600. The van der Waals surface area contributed by atoms with Gasteiger partial charge in [0.25, 0.3) is 0 Å². The predicted octanol–water partition coefficient (Wildman–Crippen LogP) is 10.0. The van der Waals surface area contributed by atoms with Gasteiger partial charge in [-0.3, -0.25) is 3.97 Å². The highest BCUT2D eigenvalue weighted by Gasteiger charge is 2.24. The molecule has 0 aliphatic rings. The topological polar surface area (TPSA) is 55.0 Å². The van der Waals surface area contributed by atoms with E-state index in [1.165, 1.54) is 42.5 Å². The second kappa shape index (κ2) is 11.5. The van der Waals surface area contributed by atoms with Crippen molar-refractivity contribution < 1.29 is 13.9 Å². The van der Waals surface area contributed by atoms with Crippen LogP contribution in [-0.4, -0.2) is 17.1 Å². The molecule has 0 amide bonds. The molecular formula is C34H22ClFN2O2S2. The molecule has 0 saturated carbocycles. The first-order valence-electron chi connectivity index (χ1n) is 12.9. The van der Waals surface area contributed by atoms with Gasteiger partial charge in [0, 0.05) is 37.6 Å². The number of esters is 1. The third-order valence-corrected chi connectivity index (χ3v) is 9.15. The molecule has 0 radical (unpaired) electrons. The van der Waals surface area contributed by atoms with Gasteiger partial charge in [-0.1, -0.05) is 53.6 Å². The van der Waals surface area contributed by atoms with Crippen LogP contribution in [0.15, 0.2) is 101 Å².